The van der Waals surface area contributed by atoms with Crippen LogP contribution >= 0.6 is 45.9 Å². The van der Waals surface area contributed by atoms with Crippen LogP contribution in [0.3, 0.4) is 0 Å². The number of halogens is 2. The number of carbonyl (C=O) groups is 4. The van der Waals surface area contributed by atoms with Crippen molar-refractivity contribution in [3.63, 3.8) is 0 Å². The Morgan fingerprint density at radius 2 is 0.915 bits per heavy atom. The molecule has 0 N–H and O–H groups in total. The fraction of sp³-hybridized carbons (Fsp3) is 0.400. The second-order valence-electron chi connectivity index (χ2n) is 16.8. The zero-order valence-electron chi connectivity index (χ0n) is 40.1. The largest absolute Gasteiger partial charge is 0.469 e. The van der Waals surface area contributed by atoms with Crippen molar-refractivity contribution in [2.75, 3.05) is 53.9 Å². The van der Waals surface area contributed by atoms with E-state index in [0.29, 0.717) is 107 Å². The summed E-state index contributed by atoms with van der Waals surface area (Å²) in [6, 6.07) is 13.3. The van der Waals surface area contributed by atoms with E-state index < -0.39 is 24.0 Å². The summed E-state index contributed by atoms with van der Waals surface area (Å²) in [7, 11) is 2.67. The van der Waals surface area contributed by atoms with E-state index in [0.717, 1.165) is 43.4 Å². The molecular weight excluding hydrogens is 992 g/mol. The van der Waals surface area contributed by atoms with Crippen LogP contribution < -0.4 is 0 Å². The molecule has 17 nitrogen and oxygen atoms in total. The molecular formula is C50H52Cl2N8O9S2. The smallest absolute Gasteiger partial charge is 0.308 e. The monoisotopic (exact) mass is 1040 g/mol. The Balaban J connectivity index is 0.792. The number of esters is 2. The van der Waals surface area contributed by atoms with Gasteiger partial charge in [-0.25, -0.2) is 0 Å². The lowest BCUT2D eigenvalue weighted by atomic mass is 9.98. The average Bonchev–Trinajstić information content (AvgIpc) is 4.08. The van der Waals surface area contributed by atoms with Crippen LogP contribution in [0.15, 0.2) is 58.5 Å². The van der Waals surface area contributed by atoms with E-state index in [2.05, 4.69) is 20.4 Å². The molecule has 2 aromatic carbocycles. The first-order valence-electron chi connectivity index (χ1n) is 23.0. The zero-order valence-corrected chi connectivity index (χ0v) is 43.2. The quantitative estimate of drug-likeness (QED) is 0.0354. The number of hydrogen-bond acceptors (Lipinski definition) is 17. The maximum absolute atomic E-state index is 13.8. The predicted molar refractivity (Wildman–Crippen MR) is 270 cm³/mol. The molecule has 8 rings (SSSR count). The number of hydrogen-bond donors (Lipinski definition) is 0. The van der Waals surface area contributed by atoms with Gasteiger partial charge >= 0.3 is 11.9 Å². The Morgan fingerprint density at radius 1 is 0.549 bits per heavy atom. The van der Waals surface area contributed by atoms with Gasteiger partial charge in [0.1, 0.15) is 33.7 Å². The van der Waals surface area contributed by atoms with Crippen molar-refractivity contribution in [1.29, 1.82) is 0 Å². The number of nitrogens with zero attached hydrogens (tertiary/aromatic N) is 8. The second kappa shape index (κ2) is 23.2. The highest BCUT2D eigenvalue weighted by Crippen LogP contribution is 2.42. The molecule has 0 aliphatic carbocycles. The molecule has 0 radical (unpaired) electrons. The first-order valence-corrected chi connectivity index (χ1v) is 25.4. The van der Waals surface area contributed by atoms with Gasteiger partial charge in [-0.1, -0.05) is 47.5 Å². The first-order chi connectivity index (χ1) is 34.3. The van der Waals surface area contributed by atoms with Crippen LogP contribution in [0, 0.1) is 27.7 Å². The minimum atomic E-state index is -0.662. The Hall–Kier alpha value is -5.80. The van der Waals surface area contributed by atoms with E-state index in [9.17, 15) is 19.2 Å². The number of aromatic nitrogens is 6. The van der Waals surface area contributed by atoms with Crippen molar-refractivity contribution in [2.24, 2.45) is 9.98 Å². The number of ether oxygens (including phenoxy) is 5. The molecule has 0 bridgehead atoms. The third-order valence-corrected chi connectivity index (χ3v) is 15.2. The molecule has 71 heavy (non-hydrogen) atoms. The van der Waals surface area contributed by atoms with E-state index in [1.807, 2.05) is 61.1 Å². The van der Waals surface area contributed by atoms with Gasteiger partial charge in [0, 0.05) is 58.4 Å². The fourth-order valence-electron chi connectivity index (χ4n) is 8.50. The van der Waals surface area contributed by atoms with Gasteiger partial charge in [-0.3, -0.25) is 38.3 Å². The number of ketones is 2. The molecule has 372 valence electrons. The van der Waals surface area contributed by atoms with Crippen LogP contribution in [0.4, 0.5) is 0 Å². The Kier molecular flexibility index (Phi) is 16.8. The molecule has 2 aliphatic heterocycles. The van der Waals surface area contributed by atoms with Gasteiger partial charge in [0.05, 0.1) is 74.7 Å². The summed E-state index contributed by atoms with van der Waals surface area (Å²) in [6.45, 7) is 9.68. The van der Waals surface area contributed by atoms with E-state index in [4.69, 9.17) is 56.9 Å². The van der Waals surface area contributed by atoms with Crippen molar-refractivity contribution in [1.82, 2.24) is 29.5 Å². The number of rotatable bonds is 22. The number of aryl methyl sites for hydroxylation is 2. The topological polar surface area (TPSA) is 201 Å². The third-order valence-electron chi connectivity index (χ3n) is 12.0. The van der Waals surface area contributed by atoms with Gasteiger partial charge in [-0.2, -0.15) is 0 Å². The molecule has 2 atom stereocenters. The van der Waals surface area contributed by atoms with Gasteiger partial charge in [-0.05, 0) is 75.9 Å². The molecule has 6 heterocycles. The summed E-state index contributed by atoms with van der Waals surface area (Å²) in [5, 5.41) is 20.1. The van der Waals surface area contributed by atoms with E-state index in [1.165, 1.54) is 36.9 Å². The Morgan fingerprint density at radius 3 is 1.28 bits per heavy atom. The lowest BCUT2D eigenvalue weighted by Gasteiger charge is -2.12. The normalized spacial score (nSPS) is 14.9. The number of methoxy groups -OCH3 is 2. The molecule has 0 fully saturated rings. The molecule has 0 saturated heterocycles. The molecule has 6 aromatic rings. The number of aliphatic imine (C=N–C) groups is 2. The number of thiophene rings is 2. The van der Waals surface area contributed by atoms with Gasteiger partial charge in [0.2, 0.25) is 0 Å². The summed E-state index contributed by atoms with van der Waals surface area (Å²) in [5.41, 5.74) is 5.96. The lowest BCUT2D eigenvalue weighted by Crippen LogP contribution is -2.12. The van der Waals surface area contributed by atoms with Crippen LogP contribution in [0.2, 0.25) is 10.0 Å². The molecule has 0 saturated carbocycles. The van der Waals surface area contributed by atoms with Crippen molar-refractivity contribution in [3.05, 3.63) is 125 Å². The van der Waals surface area contributed by atoms with E-state index >= 15 is 0 Å². The predicted octanol–water partition coefficient (Wildman–Crippen LogP) is 9.10. The standard InChI is InChI=1S/C50H52Cl2N8O9S2/c1-27-41-43(31-11-15-33(51)16-12-31)53-35(25-39(63)65-5)47-57-55-29(3)59(47)49(41)70-45(27)37(61)9-7-19-67-21-23-69-24-22-68-20-8-10-38(62)46-28(2)42-44(32-13-17-34(52)18-14-32)54-36(26-40(64)66-6)48-58-56-30(4)60(48)50(42)71-46/h11-18,35-36H,7-10,19-26H2,1-6H3. The summed E-state index contributed by atoms with van der Waals surface area (Å²) in [4.78, 5) is 63.9. The highest BCUT2D eigenvalue weighted by molar-refractivity contribution is 7.17. The fourth-order valence-corrected chi connectivity index (χ4v) is 11.4. The molecule has 2 aliphatic rings. The summed E-state index contributed by atoms with van der Waals surface area (Å²) in [5.74, 6) is 1.31. The number of Topliss-reactive ketones (excluding diaryl/α,β-unsaturated/α-hetero) is 2. The maximum atomic E-state index is 13.8. The van der Waals surface area contributed by atoms with Crippen LogP contribution in [-0.4, -0.2) is 118 Å². The molecule has 2 unspecified atom stereocenters. The zero-order chi connectivity index (χ0) is 50.3. The highest BCUT2D eigenvalue weighted by atomic mass is 35.5. The van der Waals surface area contributed by atoms with Gasteiger partial charge < -0.3 is 23.7 Å². The molecule has 4 aromatic heterocycles. The SMILES string of the molecule is COC(=O)CC1N=C(c2ccc(Cl)cc2)c2c(sc(C(=O)CCCOCCOCCOCCCC(=O)c3sc4c(c3C)C(c3ccc(Cl)cc3)=NC(CC(=O)OC)c3nnc(C)n3-4)c2C)-n2c(C)nnc21. The molecule has 21 heteroatoms. The van der Waals surface area contributed by atoms with Gasteiger partial charge in [-0.15, -0.1) is 43.1 Å². The van der Waals surface area contributed by atoms with E-state index in [-0.39, 0.29) is 37.2 Å². The highest BCUT2D eigenvalue weighted by Gasteiger charge is 2.36. The van der Waals surface area contributed by atoms with Gasteiger partial charge in [0.25, 0.3) is 0 Å². The van der Waals surface area contributed by atoms with Crippen molar-refractivity contribution >= 4 is 80.8 Å². The maximum Gasteiger partial charge on any atom is 0.308 e. The van der Waals surface area contributed by atoms with Crippen molar-refractivity contribution < 1.29 is 42.9 Å². The number of fused-ring (bicyclic) bond motifs is 6. The summed E-state index contributed by atoms with van der Waals surface area (Å²) >= 11 is 15.2. The summed E-state index contributed by atoms with van der Waals surface area (Å²) in [6.07, 6.45) is 1.52. The van der Waals surface area contributed by atoms with Crippen LogP contribution in [0.5, 0.6) is 0 Å². The van der Waals surface area contributed by atoms with Crippen molar-refractivity contribution in [3.8, 4) is 10.0 Å². The Labute approximate surface area is 428 Å². The second-order valence-corrected chi connectivity index (χ2v) is 19.7. The first kappa shape index (κ1) is 51.6. The summed E-state index contributed by atoms with van der Waals surface area (Å²) < 4.78 is 31.1. The van der Waals surface area contributed by atoms with Crippen LogP contribution in [0.25, 0.3) is 10.0 Å². The minimum absolute atomic E-state index is 0.0154. The minimum Gasteiger partial charge on any atom is -0.469 e. The van der Waals surface area contributed by atoms with Crippen LogP contribution in [-0.2, 0) is 33.3 Å². The molecule has 0 spiro atoms. The van der Waals surface area contributed by atoms with E-state index in [1.54, 1.807) is 24.3 Å². The van der Waals surface area contributed by atoms with Gasteiger partial charge in [0.15, 0.2) is 23.2 Å². The lowest BCUT2D eigenvalue weighted by molar-refractivity contribution is -0.142. The Bertz CT molecular complexity index is 2810. The average molecular weight is 1040 g/mol. The van der Waals surface area contributed by atoms with Crippen LogP contribution in [0.1, 0.15) is 127 Å². The molecule has 0 amide bonds. The number of benzene rings is 2. The third kappa shape index (κ3) is 11.3. The van der Waals surface area contributed by atoms with Crippen molar-refractivity contribution in [2.45, 2.75) is 78.3 Å². The number of carbonyl (C=O) groups excluding carboxylic acids is 4.